The van der Waals surface area contributed by atoms with Crippen LogP contribution in [-0.4, -0.2) is 17.0 Å². The van der Waals surface area contributed by atoms with Gasteiger partial charge in [0.1, 0.15) is 5.78 Å². The van der Waals surface area contributed by atoms with Crippen molar-refractivity contribution in [3.63, 3.8) is 0 Å². The third kappa shape index (κ3) is 2.80. The number of Topliss-reactive ketones (excluding diaryl/α,β-unsaturated/α-hetero) is 1. The average molecular weight is 184 g/mol. The molecule has 76 valence electrons. The van der Waals surface area contributed by atoms with Gasteiger partial charge in [0.25, 0.3) is 0 Å². The second kappa shape index (κ2) is 4.75. The monoisotopic (exact) mass is 184 g/mol. The van der Waals surface area contributed by atoms with Gasteiger partial charge in [-0.25, -0.2) is 0 Å². The molecule has 1 aliphatic rings. The molecule has 0 aromatic carbocycles. The highest BCUT2D eigenvalue weighted by molar-refractivity contribution is 5.83. The van der Waals surface area contributed by atoms with E-state index in [4.69, 9.17) is 0 Å². The highest BCUT2D eigenvalue weighted by Crippen LogP contribution is 2.27. The Bertz CT molecular complexity index is 177. The summed E-state index contributed by atoms with van der Waals surface area (Å²) in [5.41, 5.74) is 0. The molecule has 0 bridgehead atoms. The summed E-state index contributed by atoms with van der Waals surface area (Å²) in [5, 5.41) is 9.80. The smallest absolute Gasteiger partial charge is 0.138 e. The van der Waals surface area contributed by atoms with E-state index in [2.05, 4.69) is 13.8 Å². The molecular weight excluding hydrogens is 164 g/mol. The summed E-state index contributed by atoms with van der Waals surface area (Å²) in [5.74, 6) is 0.758. The van der Waals surface area contributed by atoms with Crippen molar-refractivity contribution in [1.82, 2.24) is 0 Å². The highest BCUT2D eigenvalue weighted by Gasteiger charge is 2.31. The minimum Gasteiger partial charge on any atom is -0.392 e. The number of hydrogen-bond donors (Lipinski definition) is 1. The van der Waals surface area contributed by atoms with Gasteiger partial charge in [-0.05, 0) is 25.2 Å². The molecule has 3 unspecified atom stereocenters. The van der Waals surface area contributed by atoms with Crippen molar-refractivity contribution >= 4 is 5.78 Å². The van der Waals surface area contributed by atoms with E-state index in [1.54, 1.807) is 0 Å². The number of rotatable bonds is 4. The van der Waals surface area contributed by atoms with Crippen LogP contribution >= 0.6 is 0 Å². The molecule has 0 heterocycles. The molecule has 0 aromatic heterocycles. The van der Waals surface area contributed by atoms with Crippen LogP contribution in [0.3, 0.4) is 0 Å². The molecule has 1 saturated carbocycles. The Morgan fingerprint density at radius 3 is 2.77 bits per heavy atom. The van der Waals surface area contributed by atoms with E-state index < -0.39 is 0 Å². The van der Waals surface area contributed by atoms with Crippen molar-refractivity contribution in [2.75, 3.05) is 0 Å². The first-order chi connectivity index (χ1) is 6.15. The third-order valence-electron chi connectivity index (χ3n) is 3.16. The predicted octanol–water partition coefficient (Wildman–Crippen LogP) is 2.15. The molecule has 2 heteroatoms. The summed E-state index contributed by atoms with van der Waals surface area (Å²) in [6.07, 6.45) is 4.04. The van der Waals surface area contributed by atoms with Crippen LogP contribution in [0.15, 0.2) is 0 Å². The van der Waals surface area contributed by atoms with E-state index in [9.17, 15) is 9.90 Å². The Kier molecular flexibility index (Phi) is 3.91. The Morgan fingerprint density at radius 1 is 1.62 bits per heavy atom. The number of ketones is 1. The lowest BCUT2D eigenvalue weighted by Crippen LogP contribution is -2.25. The molecule has 0 aromatic rings. The maximum absolute atomic E-state index is 11.3. The third-order valence-corrected chi connectivity index (χ3v) is 3.16. The van der Waals surface area contributed by atoms with Crippen LogP contribution in [-0.2, 0) is 4.79 Å². The Labute approximate surface area is 80.3 Å². The van der Waals surface area contributed by atoms with Crippen LogP contribution in [0.25, 0.3) is 0 Å². The zero-order chi connectivity index (χ0) is 9.84. The molecule has 3 atom stereocenters. The van der Waals surface area contributed by atoms with Crippen molar-refractivity contribution in [2.45, 2.75) is 52.1 Å². The van der Waals surface area contributed by atoms with Gasteiger partial charge in [-0.3, -0.25) is 4.79 Å². The van der Waals surface area contributed by atoms with Crippen LogP contribution < -0.4 is 0 Å². The van der Waals surface area contributed by atoms with E-state index in [-0.39, 0.29) is 17.8 Å². The normalized spacial score (nSPS) is 27.6. The zero-order valence-corrected chi connectivity index (χ0v) is 8.62. The first-order valence-corrected chi connectivity index (χ1v) is 5.36. The minimum absolute atomic E-state index is 0.0472. The maximum atomic E-state index is 11.3. The quantitative estimate of drug-likeness (QED) is 0.727. The molecular formula is C11H20O2. The van der Waals surface area contributed by atoms with Crippen molar-refractivity contribution < 1.29 is 9.90 Å². The lowest BCUT2D eigenvalue weighted by Gasteiger charge is -2.19. The average Bonchev–Trinajstić information content (AvgIpc) is 2.51. The fourth-order valence-electron chi connectivity index (χ4n) is 1.99. The number of hydrogen-bond acceptors (Lipinski definition) is 2. The summed E-state index contributed by atoms with van der Waals surface area (Å²) in [6, 6.07) is 0. The molecule has 0 amide bonds. The van der Waals surface area contributed by atoms with E-state index in [0.29, 0.717) is 12.3 Å². The van der Waals surface area contributed by atoms with Gasteiger partial charge >= 0.3 is 0 Å². The van der Waals surface area contributed by atoms with Gasteiger partial charge in [-0.15, -0.1) is 0 Å². The topological polar surface area (TPSA) is 37.3 Å². The van der Waals surface area contributed by atoms with Crippen molar-refractivity contribution in [2.24, 2.45) is 11.8 Å². The molecule has 1 rings (SSSR count). The summed E-state index contributed by atoms with van der Waals surface area (Å²) in [4.78, 5) is 11.3. The van der Waals surface area contributed by atoms with Crippen LogP contribution in [0.5, 0.6) is 0 Å². The van der Waals surface area contributed by atoms with E-state index in [0.717, 1.165) is 25.7 Å². The van der Waals surface area contributed by atoms with Crippen LogP contribution in [0.1, 0.15) is 46.0 Å². The lowest BCUT2D eigenvalue weighted by molar-refractivity contribution is -0.124. The van der Waals surface area contributed by atoms with Gasteiger partial charge in [-0.1, -0.05) is 20.3 Å². The molecule has 1 aliphatic carbocycles. The molecule has 1 fully saturated rings. The second-order valence-electron chi connectivity index (χ2n) is 4.28. The van der Waals surface area contributed by atoms with Crippen LogP contribution in [0.2, 0.25) is 0 Å². The number of carbonyl (C=O) groups is 1. The Hall–Kier alpha value is -0.370. The van der Waals surface area contributed by atoms with Gasteiger partial charge in [0, 0.05) is 12.3 Å². The van der Waals surface area contributed by atoms with E-state index in [1.165, 1.54) is 0 Å². The molecule has 0 saturated heterocycles. The minimum atomic E-state index is -0.384. The molecule has 0 aliphatic heterocycles. The van der Waals surface area contributed by atoms with E-state index >= 15 is 0 Å². The molecule has 0 spiro atoms. The van der Waals surface area contributed by atoms with Gasteiger partial charge < -0.3 is 5.11 Å². The summed E-state index contributed by atoms with van der Waals surface area (Å²) in [7, 11) is 0. The van der Waals surface area contributed by atoms with Crippen LogP contribution in [0, 0.1) is 11.8 Å². The molecule has 1 N–H and O–H groups in total. The second-order valence-corrected chi connectivity index (χ2v) is 4.28. The van der Waals surface area contributed by atoms with Gasteiger partial charge in [0.05, 0.1) is 6.10 Å². The van der Waals surface area contributed by atoms with Gasteiger partial charge in [0.15, 0.2) is 0 Å². The van der Waals surface area contributed by atoms with Crippen molar-refractivity contribution in [3.8, 4) is 0 Å². The molecule has 0 radical (unpaired) electrons. The van der Waals surface area contributed by atoms with Crippen molar-refractivity contribution in [3.05, 3.63) is 0 Å². The largest absolute Gasteiger partial charge is 0.392 e. The standard InChI is InChI=1S/C11H20O2/c1-3-8(2)7-11(13)9-5-4-6-10(9)12/h8-9,11,13H,3-7H2,1-2H3. The molecule has 2 nitrogen and oxygen atoms in total. The van der Waals surface area contributed by atoms with Gasteiger partial charge in [0.2, 0.25) is 0 Å². The maximum Gasteiger partial charge on any atom is 0.138 e. The first kappa shape index (κ1) is 10.7. The molecule has 13 heavy (non-hydrogen) atoms. The van der Waals surface area contributed by atoms with Crippen molar-refractivity contribution in [1.29, 1.82) is 0 Å². The van der Waals surface area contributed by atoms with Gasteiger partial charge in [-0.2, -0.15) is 0 Å². The Morgan fingerprint density at radius 2 is 2.31 bits per heavy atom. The van der Waals surface area contributed by atoms with Crippen LogP contribution in [0.4, 0.5) is 0 Å². The Balaban J connectivity index is 2.38. The summed E-state index contributed by atoms with van der Waals surface area (Å²) >= 11 is 0. The fraction of sp³-hybridized carbons (Fsp3) is 0.909. The predicted molar refractivity (Wildman–Crippen MR) is 52.4 cm³/mol. The number of aliphatic hydroxyl groups is 1. The SMILES string of the molecule is CCC(C)CC(O)C1CCCC1=O. The number of aliphatic hydroxyl groups excluding tert-OH is 1. The van der Waals surface area contributed by atoms with E-state index in [1.807, 2.05) is 0 Å². The zero-order valence-electron chi connectivity index (χ0n) is 8.62. The first-order valence-electron chi connectivity index (χ1n) is 5.36. The summed E-state index contributed by atoms with van der Waals surface area (Å²) in [6.45, 7) is 4.25. The fourth-order valence-corrected chi connectivity index (χ4v) is 1.99. The highest BCUT2D eigenvalue weighted by atomic mass is 16.3. The summed E-state index contributed by atoms with van der Waals surface area (Å²) < 4.78 is 0. The number of carbonyl (C=O) groups excluding carboxylic acids is 1. The lowest BCUT2D eigenvalue weighted by atomic mass is 9.91.